The highest BCUT2D eigenvalue weighted by Crippen LogP contribution is 2.33. The van der Waals surface area contributed by atoms with E-state index in [1.54, 1.807) is 4.57 Å². The fourth-order valence-electron chi connectivity index (χ4n) is 4.97. The summed E-state index contributed by atoms with van der Waals surface area (Å²) in [4.78, 5) is 45.2. The highest BCUT2D eigenvalue weighted by atomic mass is 16.2. The Hall–Kier alpha value is -2.65. The number of nitrogens with one attached hydrogen (secondary N) is 1. The van der Waals surface area contributed by atoms with Crippen molar-refractivity contribution in [1.29, 1.82) is 0 Å². The van der Waals surface area contributed by atoms with E-state index >= 15 is 0 Å². The second-order valence-electron chi connectivity index (χ2n) is 9.13. The molecule has 9 nitrogen and oxygen atoms in total. The molecule has 1 amide bonds. The van der Waals surface area contributed by atoms with E-state index in [-0.39, 0.29) is 5.91 Å². The molecule has 2 aliphatic heterocycles. The first-order valence-corrected chi connectivity index (χ1v) is 12.2. The molecule has 0 aliphatic carbocycles. The number of piperazine rings is 1. The molecule has 9 heteroatoms. The number of amides is 1. The molecular formula is C24H36N6O3. The third-order valence-electron chi connectivity index (χ3n) is 6.91. The molecule has 2 aliphatic rings. The van der Waals surface area contributed by atoms with E-state index in [0.29, 0.717) is 30.8 Å². The lowest BCUT2D eigenvalue weighted by Crippen LogP contribution is -2.47. The largest absolute Gasteiger partial charge is 0.370 e. The van der Waals surface area contributed by atoms with Crippen LogP contribution in [0, 0.1) is 0 Å². The number of aryl methyl sites for hydroxylation is 2. The van der Waals surface area contributed by atoms with Crippen molar-refractivity contribution in [3.05, 3.63) is 32.8 Å². The Morgan fingerprint density at radius 3 is 2.00 bits per heavy atom. The molecule has 180 valence electrons. The second kappa shape index (κ2) is 10.1. The number of hydrogen-bond donors (Lipinski definition) is 1. The molecule has 1 N–H and O–H groups in total. The molecule has 1 aromatic heterocycles. The van der Waals surface area contributed by atoms with E-state index in [4.69, 9.17) is 0 Å². The zero-order valence-electron chi connectivity index (χ0n) is 20.1. The molecular weight excluding hydrogens is 420 g/mol. The summed E-state index contributed by atoms with van der Waals surface area (Å²) < 4.78 is 3.06. The second-order valence-corrected chi connectivity index (χ2v) is 9.13. The molecule has 2 aromatic rings. The Balaban J connectivity index is 1.75. The van der Waals surface area contributed by atoms with Crippen molar-refractivity contribution >= 4 is 28.3 Å². The Morgan fingerprint density at radius 1 is 0.848 bits per heavy atom. The third kappa shape index (κ3) is 4.84. The van der Waals surface area contributed by atoms with Gasteiger partial charge < -0.3 is 24.3 Å². The van der Waals surface area contributed by atoms with Crippen LogP contribution >= 0.6 is 0 Å². The molecule has 0 saturated carbocycles. The maximum Gasteiger partial charge on any atom is 0.316 e. The van der Waals surface area contributed by atoms with Crippen LogP contribution in [-0.2, 0) is 17.9 Å². The maximum absolute atomic E-state index is 13.0. The molecule has 0 bridgehead atoms. The lowest BCUT2D eigenvalue weighted by atomic mass is 10.1. The average molecular weight is 457 g/mol. The number of carbonyl (C=O) groups is 1. The van der Waals surface area contributed by atoms with Crippen molar-refractivity contribution in [3.8, 4) is 0 Å². The minimum atomic E-state index is -0.521. The fourth-order valence-corrected chi connectivity index (χ4v) is 4.97. The Labute approximate surface area is 194 Å². The normalized spacial score (nSPS) is 18.1. The first-order valence-electron chi connectivity index (χ1n) is 12.2. The fraction of sp³-hybridized carbons (Fsp3) is 0.625. The summed E-state index contributed by atoms with van der Waals surface area (Å²) in [7, 11) is 2.10. The average Bonchev–Trinajstić information content (AvgIpc) is 2.82. The summed E-state index contributed by atoms with van der Waals surface area (Å²) in [5.74, 6) is -0.0497. The van der Waals surface area contributed by atoms with Crippen molar-refractivity contribution in [3.63, 3.8) is 0 Å². The highest BCUT2D eigenvalue weighted by Gasteiger charge is 2.22. The monoisotopic (exact) mass is 456 g/mol. The number of nitrogens with zero attached hydrogens (tertiary/aromatic N) is 5. The minimum Gasteiger partial charge on any atom is -0.370 e. The maximum atomic E-state index is 13.0. The molecule has 0 radical (unpaired) electrons. The van der Waals surface area contributed by atoms with Crippen molar-refractivity contribution in [2.24, 2.45) is 0 Å². The number of anilines is 2. The van der Waals surface area contributed by atoms with E-state index in [1.807, 2.05) is 26.0 Å². The zero-order chi connectivity index (χ0) is 23.5. The smallest absolute Gasteiger partial charge is 0.316 e. The van der Waals surface area contributed by atoms with E-state index in [2.05, 4.69) is 27.1 Å². The van der Waals surface area contributed by atoms with Crippen LogP contribution in [0.5, 0.6) is 0 Å². The van der Waals surface area contributed by atoms with Crippen LogP contribution < -0.4 is 21.3 Å². The number of hydrogen-bond acceptors (Lipinski definition) is 6. The molecule has 0 atom stereocenters. The summed E-state index contributed by atoms with van der Waals surface area (Å²) in [5.41, 5.74) is 2.04. The molecule has 2 fully saturated rings. The number of fused-ring (bicyclic) bond motifs is 1. The van der Waals surface area contributed by atoms with Crippen LogP contribution in [0.15, 0.2) is 21.7 Å². The van der Waals surface area contributed by atoms with Crippen molar-refractivity contribution in [2.75, 3.05) is 63.1 Å². The SMILES string of the molecule is CCn1c(=O)c(=O)n(CC)c2cc(N3CCCCC3)c(NC(=O)CN3CCN(C)CC3)cc21. The summed E-state index contributed by atoms with van der Waals surface area (Å²) in [6.45, 7) is 10.4. The summed E-state index contributed by atoms with van der Waals surface area (Å²) in [6, 6.07) is 3.88. The Bertz CT molecular complexity index is 1120. The van der Waals surface area contributed by atoms with Gasteiger partial charge in [0.05, 0.1) is 29.0 Å². The number of carbonyl (C=O) groups excluding carboxylic acids is 1. The third-order valence-corrected chi connectivity index (χ3v) is 6.91. The van der Waals surface area contributed by atoms with Crippen molar-refractivity contribution in [2.45, 2.75) is 46.2 Å². The molecule has 4 rings (SSSR count). The van der Waals surface area contributed by atoms with Gasteiger partial charge in [-0.05, 0) is 52.3 Å². The Morgan fingerprint density at radius 2 is 1.42 bits per heavy atom. The quantitative estimate of drug-likeness (QED) is 0.662. The predicted octanol–water partition coefficient (Wildman–Crippen LogP) is 1.38. The summed E-state index contributed by atoms with van der Waals surface area (Å²) in [6.07, 6.45) is 3.40. The van der Waals surface area contributed by atoms with Gasteiger partial charge in [0, 0.05) is 52.4 Å². The van der Waals surface area contributed by atoms with Gasteiger partial charge in [-0.2, -0.15) is 0 Å². The van der Waals surface area contributed by atoms with E-state index in [9.17, 15) is 14.4 Å². The number of benzene rings is 1. The van der Waals surface area contributed by atoms with Crippen LogP contribution in [0.2, 0.25) is 0 Å². The zero-order valence-corrected chi connectivity index (χ0v) is 20.1. The van der Waals surface area contributed by atoms with Crippen molar-refractivity contribution in [1.82, 2.24) is 18.9 Å². The van der Waals surface area contributed by atoms with Gasteiger partial charge in [0.15, 0.2) is 0 Å². The summed E-state index contributed by atoms with van der Waals surface area (Å²) in [5, 5.41) is 3.14. The highest BCUT2D eigenvalue weighted by molar-refractivity contribution is 5.99. The Kier molecular flexibility index (Phi) is 7.19. The molecule has 1 aromatic carbocycles. The minimum absolute atomic E-state index is 0.0497. The lowest BCUT2D eigenvalue weighted by molar-refractivity contribution is -0.117. The molecule has 0 spiro atoms. The van der Waals surface area contributed by atoms with Gasteiger partial charge in [0.1, 0.15) is 0 Å². The van der Waals surface area contributed by atoms with E-state index < -0.39 is 11.1 Å². The van der Waals surface area contributed by atoms with E-state index in [0.717, 1.165) is 63.3 Å². The molecule has 0 unspecified atom stereocenters. The number of rotatable bonds is 6. The lowest BCUT2D eigenvalue weighted by Gasteiger charge is -2.33. The van der Waals surface area contributed by atoms with Crippen LogP contribution in [0.3, 0.4) is 0 Å². The molecule has 3 heterocycles. The molecule has 2 saturated heterocycles. The van der Waals surface area contributed by atoms with Crippen LogP contribution in [0.1, 0.15) is 33.1 Å². The van der Waals surface area contributed by atoms with Gasteiger partial charge in [-0.3, -0.25) is 19.3 Å². The van der Waals surface area contributed by atoms with E-state index in [1.165, 1.54) is 11.0 Å². The van der Waals surface area contributed by atoms with Crippen molar-refractivity contribution < 1.29 is 4.79 Å². The van der Waals surface area contributed by atoms with Gasteiger partial charge in [0.25, 0.3) is 0 Å². The van der Waals surface area contributed by atoms with Gasteiger partial charge in [-0.15, -0.1) is 0 Å². The standard InChI is InChI=1S/C24H36N6O3/c1-4-29-20-15-18(25-22(31)17-27-13-11-26(3)12-14-27)19(28-9-7-6-8-10-28)16-21(20)30(5-2)24(33)23(29)32/h15-16H,4-14,17H2,1-3H3,(H,25,31). The molecule has 33 heavy (non-hydrogen) atoms. The van der Waals surface area contributed by atoms with Gasteiger partial charge in [0.2, 0.25) is 5.91 Å². The number of piperidine rings is 1. The first kappa shape index (κ1) is 23.5. The van der Waals surface area contributed by atoms with Gasteiger partial charge in [-0.1, -0.05) is 0 Å². The van der Waals surface area contributed by atoms with Crippen LogP contribution in [0.25, 0.3) is 11.0 Å². The summed E-state index contributed by atoms with van der Waals surface area (Å²) >= 11 is 0. The topological polar surface area (TPSA) is 82.8 Å². The number of aromatic nitrogens is 2. The van der Waals surface area contributed by atoms with Crippen LogP contribution in [-0.4, -0.2) is 77.7 Å². The van der Waals surface area contributed by atoms with Gasteiger partial charge in [-0.25, -0.2) is 0 Å². The predicted molar refractivity (Wildman–Crippen MR) is 132 cm³/mol. The number of likely N-dealkylation sites (N-methyl/N-ethyl adjacent to an activating group) is 1. The first-order chi connectivity index (χ1) is 15.9. The van der Waals surface area contributed by atoms with Crippen LogP contribution in [0.4, 0.5) is 11.4 Å². The van der Waals surface area contributed by atoms with Gasteiger partial charge >= 0.3 is 11.1 Å².